The monoisotopic (exact) mass is 174 g/mol. The van der Waals surface area contributed by atoms with Gasteiger partial charge in [0.15, 0.2) is 0 Å². The van der Waals surface area contributed by atoms with Crippen molar-refractivity contribution in [2.75, 3.05) is 6.61 Å². The molecule has 0 bridgehead atoms. The van der Waals surface area contributed by atoms with Gasteiger partial charge in [0, 0.05) is 0 Å². The molecule has 1 heterocycles. The lowest BCUT2D eigenvalue weighted by Gasteiger charge is -2.09. The fraction of sp³-hybridized carbons (Fsp3) is 0.333. The Morgan fingerprint density at radius 2 is 2.15 bits per heavy atom. The van der Waals surface area contributed by atoms with Gasteiger partial charge in [-0.1, -0.05) is 24.8 Å². The van der Waals surface area contributed by atoms with Gasteiger partial charge in [0.2, 0.25) is 0 Å². The Morgan fingerprint density at radius 1 is 1.46 bits per heavy atom. The van der Waals surface area contributed by atoms with Gasteiger partial charge >= 0.3 is 0 Å². The second-order valence-electron chi connectivity index (χ2n) is 3.54. The number of hydrogen-bond donors (Lipinski definition) is 0. The molecule has 0 aliphatic carbocycles. The molecule has 0 radical (unpaired) electrons. The maximum Gasteiger partial charge on any atom is 0.107 e. The van der Waals surface area contributed by atoms with Gasteiger partial charge in [-0.15, -0.1) is 0 Å². The van der Waals surface area contributed by atoms with Gasteiger partial charge in [0.25, 0.3) is 0 Å². The summed E-state index contributed by atoms with van der Waals surface area (Å²) in [6.07, 6.45) is 2.26. The maximum atomic E-state index is 5.28. The van der Waals surface area contributed by atoms with Crippen molar-refractivity contribution in [3.05, 3.63) is 41.0 Å². The molecule has 1 saturated heterocycles. The molecule has 1 aliphatic rings. The van der Waals surface area contributed by atoms with Gasteiger partial charge in [-0.25, -0.2) is 0 Å². The number of epoxide rings is 1. The third-order valence-corrected chi connectivity index (χ3v) is 2.70. The van der Waals surface area contributed by atoms with Gasteiger partial charge in [-0.05, 0) is 36.1 Å². The van der Waals surface area contributed by atoms with Crippen LogP contribution in [0.5, 0.6) is 0 Å². The lowest BCUT2D eigenvalue weighted by molar-refractivity contribution is 0.415. The summed E-state index contributed by atoms with van der Waals surface area (Å²) in [5, 5.41) is 0. The first-order valence-corrected chi connectivity index (χ1v) is 4.58. The van der Waals surface area contributed by atoms with Crippen molar-refractivity contribution in [2.24, 2.45) is 0 Å². The molecule has 1 fully saturated rings. The van der Waals surface area contributed by atoms with Crippen LogP contribution in [0.25, 0.3) is 6.08 Å². The summed E-state index contributed by atoms with van der Waals surface area (Å²) in [7, 11) is 0. The highest BCUT2D eigenvalue weighted by Gasteiger charge is 2.27. The minimum Gasteiger partial charge on any atom is -0.368 e. The summed E-state index contributed by atoms with van der Waals surface area (Å²) in [5.41, 5.74) is 5.18. The summed E-state index contributed by atoms with van der Waals surface area (Å²) in [4.78, 5) is 0. The predicted molar refractivity (Wildman–Crippen MR) is 54.7 cm³/mol. The van der Waals surface area contributed by atoms with Crippen LogP contribution in [0.15, 0.2) is 18.7 Å². The van der Waals surface area contributed by atoms with E-state index in [9.17, 15) is 0 Å². The number of rotatable bonds is 2. The lowest BCUT2D eigenvalue weighted by atomic mass is 9.96. The van der Waals surface area contributed by atoms with Gasteiger partial charge < -0.3 is 4.74 Å². The Bertz CT molecular complexity index is 348. The standard InChI is InChI=1S/C12H14O/c1-4-10-9(3)8(2)5-6-11(10)12-7-13-12/h4-6,12H,1,7H2,2-3H3. The first-order valence-electron chi connectivity index (χ1n) is 4.58. The van der Waals surface area contributed by atoms with E-state index in [1.807, 2.05) is 6.08 Å². The second kappa shape index (κ2) is 3.00. The third-order valence-electron chi connectivity index (χ3n) is 2.70. The zero-order chi connectivity index (χ0) is 9.42. The molecule has 0 aromatic heterocycles. The Kier molecular flexibility index (Phi) is 1.97. The van der Waals surface area contributed by atoms with Crippen molar-refractivity contribution in [1.29, 1.82) is 0 Å². The molecular formula is C12H14O. The average Bonchev–Trinajstić information content (AvgIpc) is 2.92. The van der Waals surface area contributed by atoms with Gasteiger partial charge in [0.1, 0.15) is 6.10 Å². The zero-order valence-electron chi connectivity index (χ0n) is 8.13. The Balaban J connectivity index is 2.56. The Morgan fingerprint density at radius 3 is 2.69 bits per heavy atom. The first-order chi connectivity index (χ1) is 6.24. The van der Waals surface area contributed by atoms with Crippen LogP contribution in [0, 0.1) is 13.8 Å². The summed E-state index contributed by atoms with van der Waals surface area (Å²) in [5.74, 6) is 0. The summed E-state index contributed by atoms with van der Waals surface area (Å²) in [6.45, 7) is 8.97. The quantitative estimate of drug-likeness (QED) is 0.628. The molecule has 1 unspecified atom stereocenters. The van der Waals surface area contributed by atoms with Crippen LogP contribution in [-0.4, -0.2) is 6.61 Å². The molecular weight excluding hydrogens is 160 g/mol. The lowest BCUT2D eigenvalue weighted by Crippen LogP contribution is -1.93. The molecule has 0 saturated carbocycles. The van der Waals surface area contributed by atoms with E-state index < -0.39 is 0 Å². The molecule has 1 heteroatoms. The van der Waals surface area contributed by atoms with Crippen LogP contribution in [0.4, 0.5) is 0 Å². The third kappa shape index (κ3) is 1.40. The highest BCUT2D eigenvalue weighted by Crippen LogP contribution is 2.34. The van der Waals surface area contributed by atoms with Crippen LogP contribution in [0.1, 0.15) is 28.4 Å². The zero-order valence-corrected chi connectivity index (χ0v) is 8.13. The SMILES string of the molecule is C=Cc1c(C2CO2)ccc(C)c1C. The molecule has 1 aromatic rings. The normalized spacial score (nSPS) is 20.0. The highest BCUT2D eigenvalue weighted by molar-refractivity contribution is 5.59. The average molecular weight is 174 g/mol. The second-order valence-corrected chi connectivity index (χ2v) is 3.54. The molecule has 0 spiro atoms. The molecule has 68 valence electrons. The minimum absolute atomic E-state index is 0.326. The van der Waals surface area contributed by atoms with Gasteiger partial charge in [0.05, 0.1) is 6.61 Å². The summed E-state index contributed by atoms with van der Waals surface area (Å²) in [6, 6.07) is 4.30. The van der Waals surface area contributed by atoms with E-state index in [1.54, 1.807) is 0 Å². The van der Waals surface area contributed by atoms with Crippen LogP contribution in [-0.2, 0) is 4.74 Å². The largest absolute Gasteiger partial charge is 0.368 e. The highest BCUT2D eigenvalue weighted by atomic mass is 16.6. The van der Waals surface area contributed by atoms with Crippen LogP contribution < -0.4 is 0 Å². The van der Waals surface area contributed by atoms with Crippen LogP contribution in [0.2, 0.25) is 0 Å². The van der Waals surface area contributed by atoms with Gasteiger partial charge in [-0.2, -0.15) is 0 Å². The Hall–Kier alpha value is -1.08. The van der Waals surface area contributed by atoms with Crippen molar-refractivity contribution >= 4 is 6.08 Å². The number of aryl methyl sites for hydroxylation is 1. The fourth-order valence-corrected chi connectivity index (χ4v) is 1.64. The summed E-state index contributed by atoms with van der Waals surface area (Å²) >= 11 is 0. The van der Waals surface area contributed by atoms with Crippen LogP contribution in [0.3, 0.4) is 0 Å². The minimum atomic E-state index is 0.326. The molecule has 1 atom stereocenters. The van der Waals surface area contributed by atoms with Crippen molar-refractivity contribution < 1.29 is 4.74 Å². The van der Waals surface area contributed by atoms with E-state index in [0.717, 1.165) is 6.61 Å². The molecule has 1 nitrogen and oxygen atoms in total. The first kappa shape index (κ1) is 8.52. The number of benzene rings is 1. The molecule has 1 aromatic carbocycles. The van der Waals surface area contributed by atoms with Crippen molar-refractivity contribution in [2.45, 2.75) is 20.0 Å². The van der Waals surface area contributed by atoms with E-state index in [1.165, 1.54) is 22.3 Å². The number of hydrogen-bond acceptors (Lipinski definition) is 1. The van der Waals surface area contributed by atoms with Gasteiger partial charge in [-0.3, -0.25) is 0 Å². The van der Waals surface area contributed by atoms with Crippen molar-refractivity contribution in [3.8, 4) is 0 Å². The molecule has 0 amide bonds. The molecule has 0 N–H and O–H groups in total. The number of ether oxygens (including phenoxy) is 1. The van der Waals surface area contributed by atoms with E-state index in [0.29, 0.717) is 6.10 Å². The van der Waals surface area contributed by atoms with E-state index in [2.05, 4.69) is 32.6 Å². The maximum absolute atomic E-state index is 5.28. The predicted octanol–water partition coefficient (Wildman–Crippen LogP) is 3.02. The van der Waals surface area contributed by atoms with Crippen molar-refractivity contribution in [3.63, 3.8) is 0 Å². The Labute approximate surface area is 79.0 Å². The van der Waals surface area contributed by atoms with E-state index in [-0.39, 0.29) is 0 Å². The van der Waals surface area contributed by atoms with Crippen molar-refractivity contribution in [1.82, 2.24) is 0 Å². The topological polar surface area (TPSA) is 12.5 Å². The smallest absolute Gasteiger partial charge is 0.107 e. The molecule has 2 rings (SSSR count). The summed E-state index contributed by atoms with van der Waals surface area (Å²) < 4.78 is 5.28. The van der Waals surface area contributed by atoms with E-state index in [4.69, 9.17) is 4.74 Å². The van der Waals surface area contributed by atoms with E-state index >= 15 is 0 Å². The van der Waals surface area contributed by atoms with Crippen LogP contribution >= 0.6 is 0 Å². The molecule has 1 aliphatic heterocycles. The fourth-order valence-electron chi connectivity index (χ4n) is 1.64. The molecule has 13 heavy (non-hydrogen) atoms.